The Morgan fingerprint density at radius 1 is 1.32 bits per heavy atom. The minimum Gasteiger partial charge on any atom is -0.481 e. The molecule has 0 aliphatic carbocycles. The molecule has 2 rings (SSSR count). The van der Waals surface area contributed by atoms with Crippen LogP contribution >= 0.6 is 0 Å². The molecule has 0 saturated carbocycles. The minimum atomic E-state index is -1.19. The highest BCUT2D eigenvalue weighted by molar-refractivity contribution is 6.01. The quantitative estimate of drug-likeness (QED) is 0.732. The second kappa shape index (κ2) is 5.97. The Hall–Kier alpha value is -2.70. The van der Waals surface area contributed by atoms with E-state index >= 15 is 0 Å². The molecular formula is C15H15FN2O4. The van der Waals surface area contributed by atoms with Crippen molar-refractivity contribution in [2.75, 3.05) is 11.9 Å². The van der Waals surface area contributed by atoms with Gasteiger partial charge in [-0.2, -0.15) is 0 Å². The number of carboxylic acids is 1. The fourth-order valence-electron chi connectivity index (χ4n) is 2.38. The molecule has 1 aromatic rings. The molecule has 3 N–H and O–H groups in total. The standard InChI is InChI=1S/C15H15FN2O4/c1-9(16)13(20)18-11-4-2-10(3-5-11)15(14(21)22)7-6-12(19)17-8-15/h2-5H,1,6-8H2,(H,17,19)(H,18,20)(H,21,22). The predicted molar refractivity (Wildman–Crippen MR) is 76.9 cm³/mol. The number of amides is 2. The van der Waals surface area contributed by atoms with Gasteiger partial charge in [0.15, 0.2) is 5.83 Å². The average molecular weight is 306 g/mol. The van der Waals surface area contributed by atoms with E-state index in [1.807, 2.05) is 0 Å². The van der Waals surface area contributed by atoms with Gasteiger partial charge in [0.2, 0.25) is 5.91 Å². The molecule has 1 aromatic carbocycles. The van der Waals surface area contributed by atoms with Crippen molar-refractivity contribution in [1.82, 2.24) is 5.32 Å². The summed E-state index contributed by atoms with van der Waals surface area (Å²) in [6.07, 6.45) is 0.327. The Balaban J connectivity index is 2.24. The Morgan fingerprint density at radius 2 is 1.95 bits per heavy atom. The lowest BCUT2D eigenvalue weighted by Gasteiger charge is -2.33. The lowest BCUT2D eigenvalue weighted by molar-refractivity contribution is -0.145. The molecule has 1 aliphatic heterocycles. The highest BCUT2D eigenvalue weighted by Gasteiger charge is 2.43. The van der Waals surface area contributed by atoms with Gasteiger partial charge < -0.3 is 15.7 Å². The van der Waals surface area contributed by atoms with Crippen molar-refractivity contribution in [3.63, 3.8) is 0 Å². The average Bonchev–Trinajstić information content (AvgIpc) is 2.48. The first-order valence-electron chi connectivity index (χ1n) is 6.61. The van der Waals surface area contributed by atoms with Gasteiger partial charge in [-0.1, -0.05) is 18.7 Å². The van der Waals surface area contributed by atoms with E-state index in [1.165, 1.54) is 12.1 Å². The van der Waals surface area contributed by atoms with Gasteiger partial charge in [-0.25, -0.2) is 4.39 Å². The fraction of sp³-hybridized carbons (Fsp3) is 0.267. The maximum absolute atomic E-state index is 12.6. The Bertz CT molecular complexity index is 629. The number of carbonyl (C=O) groups excluding carboxylic acids is 2. The van der Waals surface area contributed by atoms with Gasteiger partial charge in [-0.05, 0) is 24.1 Å². The van der Waals surface area contributed by atoms with E-state index in [2.05, 4.69) is 17.2 Å². The number of carboxylic acid groups (broad SMARTS) is 1. The molecule has 1 heterocycles. The monoisotopic (exact) mass is 306 g/mol. The van der Waals surface area contributed by atoms with Gasteiger partial charge in [0.05, 0.1) is 0 Å². The lowest BCUT2D eigenvalue weighted by Crippen LogP contribution is -2.51. The van der Waals surface area contributed by atoms with E-state index in [9.17, 15) is 23.9 Å². The van der Waals surface area contributed by atoms with Crippen molar-refractivity contribution in [2.45, 2.75) is 18.3 Å². The molecule has 0 aromatic heterocycles. The van der Waals surface area contributed by atoms with Crippen molar-refractivity contribution >= 4 is 23.5 Å². The smallest absolute Gasteiger partial charge is 0.315 e. The van der Waals surface area contributed by atoms with Crippen LogP contribution in [0.4, 0.5) is 10.1 Å². The molecule has 0 radical (unpaired) electrons. The second-order valence-corrected chi connectivity index (χ2v) is 5.10. The molecule has 22 heavy (non-hydrogen) atoms. The third-order valence-electron chi connectivity index (χ3n) is 3.72. The first kappa shape index (κ1) is 15.7. The number of hydrogen-bond donors (Lipinski definition) is 3. The predicted octanol–water partition coefficient (Wildman–Crippen LogP) is 1.34. The second-order valence-electron chi connectivity index (χ2n) is 5.10. The van der Waals surface area contributed by atoms with Gasteiger partial charge in [0.25, 0.3) is 5.91 Å². The van der Waals surface area contributed by atoms with E-state index in [4.69, 9.17) is 0 Å². The van der Waals surface area contributed by atoms with E-state index in [-0.39, 0.29) is 25.3 Å². The van der Waals surface area contributed by atoms with Crippen LogP contribution in [0.15, 0.2) is 36.7 Å². The molecular weight excluding hydrogens is 291 g/mol. The summed E-state index contributed by atoms with van der Waals surface area (Å²) in [6.45, 7) is 2.90. The number of hydrogen-bond acceptors (Lipinski definition) is 3. The van der Waals surface area contributed by atoms with Crippen molar-refractivity contribution in [1.29, 1.82) is 0 Å². The highest BCUT2D eigenvalue weighted by atomic mass is 19.1. The molecule has 1 saturated heterocycles. The maximum Gasteiger partial charge on any atom is 0.315 e. The third kappa shape index (κ3) is 2.98. The van der Waals surface area contributed by atoms with Crippen LogP contribution in [-0.4, -0.2) is 29.4 Å². The first-order valence-corrected chi connectivity index (χ1v) is 6.61. The molecule has 1 fully saturated rings. The van der Waals surface area contributed by atoms with Gasteiger partial charge in [-0.3, -0.25) is 14.4 Å². The van der Waals surface area contributed by atoms with Crippen LogP contribution < -0.4 is 10.6 Å². The number of anilines is 1. The van der Waals surface area contributed by atoms with Gasteiger partial charge >= 0.3 is 5.97 Å². The van der Waals surface area contributed by atoms with Crippen LogP contribution in [0.25, 0.3) is 0 Å². The largest absolute Gasteiger partial charge is 0.481 e. The van der Waals surface area contributed by atoms with Crippen molar-refractivity contribution in [2.24, 2.45) is 0 Å². The molecule has 116 valence electrons. The molecule has 0 spiro atoms. The minimum absolute atomic E-state index is 0.00809. The number of halogens is 1. The first-order chi connectivity index (χ1) is 10.3. The van der Waals surface area contributed by atoms with Crippen LogP contribution in [-0.2, 0) is 19.8 Å². The van der Waals surface area contributed by atoms with E-state index in [0.29, 0.717) is 11.3 Å². The maximum atomic E-state index is 12.6. The molecule has 1 atom stereocenters. The summed E-state index contributed by atoms with van der Waals surface area (Å²) in [5.41, 5.74) is -0.356. The summed E-state index contributed by atoms with van der Waals surface area (Å²) < 4.78 is 12.6. The molecule has 2 amide bonds. The molecule has 1 unspecified atom stereocenters. The van der Waals surface area contributed by atoms with Crippen molar-refractivity contribution < 1.29 is 23.9 Å². The van der Waals surface area contributed by atoms with Crippen LogP contribution in [0.3, 0.4) is 0 Å². The number of benzene rings is 1. The highest BCUT2D eigenvalue weighted by Crippen LogP contribution is 2.32. The number of aliphatic carboxylic acids is 1. The zero-order chi connectivity index (χ0) is 16.3. The Labute approximate surface area is 126 Å². The number of nitrogens with one attached hydrogen (secondary N) is 2. The van der Waals surface area contributed by atoms with Crippen molar-refractivity contribution in [3.05, 3.63) is 42.2 Å². The topological polar surface area (TPSA) is 95.5 Å². The molecule has 1 aliphatic rings. The number of piperidine rings is 1. The summed E-state index contributed by atoms with van der Waals surface area (Å²) in [7, 11) is 0. The van der Waals surface area contributed by atoms with E-state index in [0.717, 1.165) is 0 Å². The molecule has 7 heteroatoms. The van der Waals surface area contributed by atoms with Crippen LogP contribution in [0.5, 0.6) is 0 Å². The summed E-state index contributed by atoms with van der Waals surface area (Å²) in [5.74, 6) is -3.27. The van der Waals surface area contributed by atoms with Crippen LogP contribution in [0.2, 0.25) is 0 Å². The van der Waals surface area contributed by atoms with Crippen LogP contribution in [0, 0.1) is 0 Å². The molecule has 6 nitrogen and oxygen atoms in total. The summed E-state index contributed by atoms with van der Waals surface area (Å²) in [5, 5.41) is 14.4. The summed E-state index contributed by atoms with van der Waals surface area (Å²) >= 11 is 0. The third-order valence-corrected chi connectivity index (χ3v) is 3.72. The lowest BCUT2D eigenvalue weighted by atomic mass is 9.74. The van der Waals surface area contributed by atoms with E-state index in [1.54, 1.807) is 12.1 Å². The molecule has 0 bridgehead atoms. The van der Waals surface area contributed by atoms with Gasteiger partial charge in [0, 0.05) is 18.7 Å². The number of rotatable bonds is 4. The summed E-state index contributed by atoms with van der Waals surface area (Å²) in [6, 6.07) is 6.05. The van der Waals surface area contributed by atoms with Gasteiger partial charge in [-0.15, -0.1) is 0 Å². The Kier molecular flexibility index (Phi) is 4.25. The zero-order valence-electron chi connectivity index (χ0n) is 11.7. The van der Waals surface area contributed by atoms with Gasteiger partial charge in [0.1, 0.15) is 5.41 Å². The SMILES string of the molecule is C=C(F)C(=O)Nc1ccc(C2(C(=O)O)CCC(=O)NC2)cc1. The zero-order valence-corrected chi connectivity index (χ0v) is 11.7. The number of carbonyl (C=O) groups is 3. The fourth-order valence-corrected chi connectivity index (χ4v) is 2.38. The normalized spacial score (nSPS) is 20.9. The van der Waals surface area contributed by atoms with Crippen molar-refractivity contribution in [3.8, 4) is 0 Å². The van der Waals surface area contributed by atoms with Crippen LogP contribution in [0.1, 0.15) is 18.4 Å². The Morgan fingerprint density at radius 3 is 2.41 bits per heavy atom. The van der Waals surface area contributed by atoms with E-state index < -0.39 is 23.1 Å². The summed E-state index contributed by atoms with van der Waals surface area (Å²) in [4.78, 5) is 34.1.